The molecule has 0 bridgehead atoms. The van der Waals surface area contributed by atoms with Gasteiger partial charge in [-0.05, 0) is 52.8 Å². The van der Waals surface area contributed by atoms with E-state index in [2.05, 4.69) is 33.8 Å². The molecular formula is C13H10IN3O. The van der Waals surface area contributed by atoms with Crippen LogP contribution in [0.2, 0.25) is 0 Å². The Hall–Kier alpha value is -1.68. The topological polar surface area (TPSA) is 58.7 Å². The Balaban J connectivity index is 2.35. The van der Waals surface area contributed by atoms with Crippen molar-refractivity contribution in [1.29, 1.82) is 5.26 Å². The van der Waals surface area contributed by atoms with Gasteiger partial charge in [0, 0.05) is 9.64 Å². The van der Waals surface area contributed by atoms with E-state index in [1.165, 1.54) is 4.68 Å². The van der Waals surface area contributed by atoms with Gasteiger partial charge < -0.3 is 0 Å². The van der Waals surface area contributed by atoms with Crippen LogP contribution in [0.25, 0.3) is 0 Å². The van der Waals surface area contributed by atoms with Gasteiger partial charge in [0.1, 0.15) is 0 Å². The summed E-state index contributed by atoms with van der Waals surface area (Å²) in [5.74, 6) is 0. The largest absolute Gasteiger partial charge is 0.268 e. The summed E-state index contributed by atoms with van der Waals surface area (Å²) in [6.07, 6.45) is 1.65. The second kappa shape index (κ2) is 5.31. The first-order valence-corrected chi connectivity index (χ1v) is 6.40. The Kier molecular flexibility index (Phi) is 3.77. The smallest absolute Gasteiger partial charge is 0.268 e. The monoisotopic (exact) mass is 351 g/mol. The van der Waals surface area contributed by atoms with Crippen LogP contribution < -0.4 is 5.56 Å². The van der Waals surface area contributed by atoms with Crippen LogP contribution in [0.4, 0.5) is 0 Å². The molecule has 0 radical (unpaired) electrons. The van der Waals surface area contributed by atoms with Crippen LogP contribution in [-0.4, -0.2) is 9.78 Å². The summed E-state index contributed by atoms with van der Waals surface area (Å²) < 4.78 is 2.24. The van der Waals surface area contributed by atoms with Gasteiger partial charge in [0.15, 0.2) is 0 Å². The van der Waals surface area contributed by atoms with Crippen LogP contribution in [0.3, 0.4) is 0 Å². The lowest BCUT2D eigenvalue weighted by molar-refractivity contribution is 0.634. The minimum atomic E-state index is -0.120. The third-order valence-corrected chi connectivity index (χ3v) is 3.22. The zero-order valence-corrected chi connectivity index (χ0v) is 11.9. The molecule has 2 aromatic rings. The molecule has 5 heteroatoms. The molecule has 0 spiro atoms. The van der Waals surface area contributed by atoms with Crippen molar-refractivity contribution < 1.29 is 0 Å². The highest BCUT2D eigenvalue weighted by molar-refractivity contribution is 14.1. The summed E-state index contributed by atoms with van der Waals surface area (Å²) in [5, 5.41) is 12.9. The Morgan fingerprint density at radius 3 is 2.83 bits per heavy atom. The number of halogens is 1. The molecule has 0 saturated carbocycles. The number of rotatable bonds is 2. The summed E-state index contributed by atoms with van der Waals surface area (Å²) in [4.78, 5) is 11.7. The predicted molar refractivity (Wildman–Crippen MR) is 76.2 cm³/mol. The molecule has 4 nitrogen and oxygen atoms in total. The number of benzene rings is 1. The SMILES string of the molecule is Cc1cc(C#N)ccc1Cn1ncc(I)cc1=O. The molecule has 1 aromatic carbocycles. The maximum Gasteiger partial charge on any atom is 0.268 e. The molecule has 0 atom stereocenters. The molecule has 90 valence electrons. The molecule has 0 aliphatic heterocycles. The van der Waals surface area contributed by atoms with Crippen molar-refractivity contribution in [3.05, 3.63) is 61.1 Å². The van der Waals surface area contributed by atoms with Crippen molar-refractivity contribution in [2.45, 2.75) is 13.5 Å². The van der Waals surface area contributed by atoms with Gasteiger partial charge >= 0.3 is 0 Å². The summed E-state index contributed by atoms with van der Waals surface area (Å²) in [7, 11) is 0. The van der Waals surface area contributed by atoms with Crippen molar-refractivity contribution >= 4 is 22.6 Å². The van der Waals surface area contributed by atoms with E-state index in [4.69, 9.17) is 5.26 Å². The molecule has 0 N–H and O–H groups in total. The average molecular weight is 351 g/mol. The molecule has 18 heavy (non-hydrogen) atoms. The Morgan fingerprint density at radius 1 is 1.44 bits per heavy atom. The van der Waals surface area contributed by atoms with Crippen LogP contribution in [0.5, 0.6) is 0 Å². The highest BCUT2D eigenvalue weighted by atomic mass is 127. The number of hydrogen-bond acceptors (Lipinski definition) is 3. The predicted octanol–water partition coefficient (Wildman–Crippen LogP) is 2.08. The van der Waals surface area contributed by atoms with E-state index in [0.29, 0.717) is 12.1 Å². The summed E-state index contributed by atoms with van der Waals surface area (Å²) >= 11 is 2.06. The fourth-order valence-corrected chi connectivity index (χ4v) is 2.03. The maximum atomic E-state index is 11.7. The normalized spacial score (nSPS) is 10.1. The number of nitriles is 1. The van der Waals surface area contributed by atoms with E-state index >= 15 is 0 Å². The van der Waals surface area contributed by atoms with Gasteiger partial charge in [0.25, 0.3) is 5.56 Å². The van der Waals surface area contributed by atoms with E-state index in [0.717, 1.165) is 14.7 Å². The third kappa shape index (κ3) is 2.76. The van der Waals surface area contributed by atoms with Crippen LogP contribution >= 0.6 is 22.6 Å². The van der Waals surface area contributed by atoms with E-state index in [1.807, 2.05) is 19.1 Å². The molecule has 0 unspecified atom stereocenters. The average Bonchev–Trinajstić information content (AvgIpc) is 2.34. The summed E-state index contributed by atoms with van der Waals surface area (Å²) in [5.41, 5.74) is 2.48. The van der Waals surface area contributed by atoms with Crippen LogP contribution in [0, 0.1) is 21.8 Å². The molecule has 0 aliphatic rings. The molecule has 1 aromatic heterocycles. The first-order valence-electron chi connectivity index (χ1n) is 5.32. The van der Waals surface area contributed by atoms with Gasteiger partial charge in [0.05, 0.1) is 24.4 Å². The van der Waals surface area contributed by atoms with Gasteiger partial charge in [-0.25, -0.2) is 4.68 Å². The Bertz CT molecular complexity index is 685. The highest BCUT2D eigenvalue weighted by Gasteiger charge is 2.04. The Labute approximate surface area is 118 Å². The van der Waals surface area contributed by atoms with Crippen LogP contribution in [-0.2, 0) is 6.54 Å². The molecule has 1 heterocycles. The van der Waals surface area contributed by atoms with Crippen molar-refractivity contribution in [3.63, 3.8) is 0 Å². The standard InChI is InChI=1S/C13H10IN3O/c1-9-4-10(6-15)2-3-11(9)8-17-13(18)5-12(14)7-16-17/h2-5,7H,8H2,1H3. The molecule has 0 amide bonds. The van der Waals surface area contributed by atoms with Gasteiger partial charge in [-0.2, -0.15) is 10.4 Å². The molecule has 0 saturated heterocycles. The number of hydrogen-bond donors (Lipinski definition) is 0. The number of nitrogens with zero attached hydrogens (tertiary/aromatic N) is 3. The lowest BCUT2D eigenvalue weighted by Gasteiger charge is -2.07. The van der Waals surface area contributed by atoms with E-state index in [-0.39, 0.29) is 5.56 Å². The minimum Gasteiger partial charge on any atom is -0.268 e. The molecule has 0 fully saturated rings. The van der Waals surface area contributed by atoms with Gasteiger partial charge in [-0.1, -0.05) is 6.07 Å². The second-order valence-corrected chi connectivity index (χ2v) is 5.17. The highest BCUT2D eigenvalue weighted by Crippen LogP contribution is 2.11. The van der Waals surface area contributed by atoms with Crippen LogP contribution in [0.15, 0.2) is 35.3 Å². The first kappa shape index (κ1) is 12.8. The van der Waals surface area contributed by atoms with Gasteiger partial charge in [-0.15, -0.1) is 0 Å². The second-order valence-electron chi connectivity index (χ2n) is 3.92. The van der Waals surface area contributed by atoms with Crippen molar-refractivity contribution in [2.24, 2.45) is 0 Å². The molecular weight excluding hydrogens is 341 g/mol. The van der Waals surface area contributed by atoms with Gasteiger partial charge in [0.2, 0.25) is 0 Å². The van der Waals surface area contributed by atoms with Crippen molar-refractivity contribution in [3.8, 4) is 6.07 Å². The molecule has 2 rings (SSSR count). The summed E-state index contributed by atoms with van der Waals surface area (Å²) in [6, 6.07) is 9.06. The fraction of sp³-hybridized carbons (Fsp3) is 0.154. The van der Waals surface area contributed by atoms with Crippen LogP contribution in [0.1, 0.15) is 16.7 Å². The van der Waals surface area contributed by atoms with E-state index in [1.54, 1.807) is 18.3 Å². The van der Waals surface area contributed by atoms with Gasteiger partial charge in [-0.3, -0.25) is 4.79 Å². The van der Waals surface area contributed by atoms with E-state index in [9.17, 15) is 4.79 Å². The summed E-state index contributed by atoms with van der Waals surface area (Å²) in [6.45, 7) is 2.35. The number of aromatic nitrogens is 2. The zero-order chi connectivity index (χ0) is 13.1. The lowest BCUT2D eigenvalue weighted by Crippen LogP contribution is -2.23. The quantitative estimate of drug-likeness (QED) is 0.779. The third-order valence-electron chi connectivity index (χ3n) is 2.63. The zero-order valence-electron chi connectivity index (χ0n) is 9.72. The van der Waals surface area contributed by atoms with Crippen molar-refractivity contribution in [2.75, 3.05) is 0 Å². The van der Waals surface area contributed by atoms with Crippen molar-refractivity contribution in [1.82, 2.24) is 9.78 Å². The number of aryl methyl sites for hydroxylation is 1. The minimum absolute atomic E-state index is 0.120. The lowest BCUT2D eigenvalue weighted by atomic mass is 10.1. The molecule has 0 aliphatic carbocycles. The Morgan fingerprint density at radius 2 is 2.22 bits per heavy atom. The first-order chi connectivity index (χ1) is 8.60. The van der Waals surface area contributed by atoms with E-state index < -0.39 is 0 Å². The fourth-order valence-electron chi connectivity index (χ4n) is 1.63. The maximum absolute atomic E-state index is 11.7.